The number of aromatic amines is 1. The number of nitrogens with zero attached hydrogens (tertiary/aromatic N) is 1. The second-order valence-electron chi connectivity index (χ2n) is 5.41. The Kier molecular flexibility index (Phi) is 3.46. The summed E-state index contributed by atoms with van der Waals surface area (Å²) in [6, 6.07) is 10.3. The monoisotopic (exact) mass is 273 g/mol. The molecule has 1 fully saturated rings. The Hall–Kier alpha value is -1.85. The van der Waals surface area contributed by atoms with Crippen molar-refractivity contribution in [2.45, 2.75) is 25.7 Å². The highest BCUT2D eigenvalue weighted by Crippen LogP contribution is 2.23. The number of rotatable bonds is 3. The molecule has 0 aliphatic carbocycles. The zero-order valence-electron chi connectivity index (χ0n) is 11.7. The van der Waals surface area contributed by atoms with Crippen LogP contribution in [-0.4, -0.2) is 35.2 Å². The highest BCUT2D eigenvalue weighted by molar-refractivity contribution is 5.64. The second-order valence-corrected chi connectivity index (χ2v) is 5.41. The van der Waals surface area contributed by atoms with E-state index in [1.807, 2.05) is 32.0 Å². The minimum absolute atomic E-state index is 0.167. The van der Waals surface area contributed by atoms with Crippen LogP contribution in [0.15, 0.2) is 36.5 Å². The molecule has 2 aromatic rings. The van der Waals surface area contributed by atoms with Gasteiger partial charge in [0.2, 0.25) is 0 Å². The summed E-state index contributed by atoms with van der Waals surface area (Å²) in [6.07, 6.45) is 1.75. The van der Waals surface area contributed by atoms with Crippen molar-refractivity contribution in [1.29, 1.82) is 0 Å². The molecule has 20 heavy (non-hydrogen) atoms. The lowest BCUT2D eigenvalue weighted by Gasteiger charge is -2.35. The molecule has 5 heteroatoms. The van der Waals surface area contributed by atoms with Crippen molar-refractivity contribution in [3.8, 4) is 11.3 Å². The Balaban J connectivity index is 1.68. The van der Waals surface area contributed by atoms with Gasteiger partial charge < -0.3 is 14.8 Å². The average molecular weight is 273 g/mol. The number of hydrogen-bond acceptors (Lipinski definition) is 4. The van der Waals surface area contributed by atoms with Crippen LogP contribution in [0.25, 0.3) is 11.3 Å². The van der Waals surface area contributed by atoms with Gasteiger partial charge in [0, 0.05) is 17.4 Å². The van der Waals surface area contributed by atoms with Gasteiger partial charge >= 0.3 is 0 Å². The topological polar surface area (TPSA) is 59.2 Å². The van der Waals surface area contributed by atoms with Crippen molar-refractivity contribution >= 4 is 5.69 Å². The summed E-state index contributed by atoms with van der Waals surface area (Å²) in [5.74, 6) is -0.476. The van der Waals surface area contributed by atoms with Gasteiger partial charge in [-0.25, -0.2) is 0 Å². The molecule has 0 spiro atoms. The van der Waals surface area contributed by atoms with E-state index in [1.54, 1.807) is 6.20 Å². The first-order chi connectivity index (χ1) is 9.62. The predicted molar refractivity (Wildman–Crippen MR) is 77.4 cm³/mol. The quantitative estimate of drug-likeness (QED) is 0.902. The van der Waals surface area contributed by atoms with Gasteiger partial charge in [-0.15, -0.1) is 0 Å². The van der Waals surface area contributed by atoms with Crippen molar-refractivity contribution < 1.29 is 9.47 Å². The standard InChI is InChI=1S/C15H19N3O2/c1-15(2)19-9-13(10-20-15)17-12-5-3-4-11(8-12)14-6-7-16-18-14/h3-8,13,17H,9-10H2,1-2H3,(H,16,18). The third-order valence-corrected chi connectivity index (χ3v) is 3.31. The minimum atomic E-state index is -0.476. The first-order valence-electron chi connectivity index (χ1n) is 6.77. The number of ether oxygens (including phenoxy) is 2. The maximum atomic E-state index is 5.65. The Morgan fingerprint density at radius 3 is 2.75 bits per heavy atom. The van der Waals surface area contributed by atoms with Crippen LogP contribution in [0.2, 0.25) is 0 Å². The van der Waals surface area contributed by atoms with Crippen molar-refractivity contribution in [2.24, 2.45) is 0 Å². The van der Waals surface area contributed by atoms with Crippen LogP contribution in [0, 0.1) is 0 Å². The molecule has 0 radical (unpaired) electrons. The molecule has 3 rings (SSSR count). The fourth-order valence-corrected chi connectivity index (χ4v) is 2.20. The van der Waals surface area contributed by atoms with Crippen LogP contribution in [0.3, 0.4) is 0 Å². The Labute approximate surface area is 118 Å². The molecule has 0 saturated carbocycles. The molecule has 0 unspecified atom stereocenters. The second kappa shape index (κ2) is 5.26. The Morgan fingerprint density at radius 1 is 1.25 bits per heavy atom. The van der Waals surface area contributed by atoms with E-state index >= 15 is 0 Å². The number of benzene rings is 1. The highest BCUT2D eigenvalue weighted by Gasteiger charge is 2.28. The third kappa shape index (κ3) is 3.00. The smallest absolute Gasteiger partial charge is 0.162 e. The molecule has 1 aliphatic rings. The minimum Gasteiger partial charge on any atom is -0.378 e. The molecule has 0 bridgehead atoms. The van der Waals surface area contributed by atoms with Crippen LogP contribution in [-0.2, 0) is 9.47 Å². The number of aromatic nitrogens is 2. The molecular formula is C15H19N3O2. The van der Waals surface area contributed by atoms with Crippen LogP contribution >= 0.6 is 0 Å². The highest BCUT2D eigenvalue weighted by atomic mass is 16.7. The molecule has 1 saturated heterocycles. The van der Waals surface area contributed by atoms with Crippen LogP contribution in [0.4, 0.5) is 5.69 Å². The van der Waals surface area contributed by atoms with E-state index in [0.29, 0.717) is 13.2 Å². The summed E-state index contributed by atoms with van der Waals surface area (Å²) >= 11 is 0. The molecule has 1 aliphatic heterocycles. The number of hydrogen-bond donors (Lipinski definition) is 2. The van der Waals surface area contributed by atoms with Gasteiger partial charge in [0.1, 0.15) is 0 Å². The molecular weight excluding hydrogens is 254 g/mol. The van der Waals surface area contributed by atoms with E-state index in [9.17, 15) is 0 Å². The SMILES string of the molecule is CC1(C)OCC(Nc2cccc(-c3ccn[nH]3)c2)CO1. The molecule has 5 nitrogen and oxygen atoms in total. The summed E-state index contributed by atoms with van der Waals surface area (Å²) in [5, 5.41) is 10.4. The largest absolute Gasteiger partial charge is 0.378 e. The van der Waals surface area contributed by atoms with Crippen LogP contribution in [0.1, 0.15) is 13.8 Å². The van der Waals surface area contributed by atoms with E-state index in [0.717, 1.165) is 16.9 Å². The lowest BCUT2D eigenvalue weighted by atomic mass is 10.1. The molecule has 2 N–H and O–H groups in total. The maximum Gasteiger partial charge on any atom is 0.162 e. The number of anilines is 1. The fourth-order valence-electron chi connectivity index (χ4n) is 2.20. The fraction of sp³-hybridized carbons (Fsp3) is 0.400. The van der Waals surface area contributed by atoms with Gasteiger partial charge in [0.15, 0.2) is 5.79 Å². The van der Waals surface area contributed by atoms with Crippen LogP contribution in [0.5, 0.6) is 0 Å². The Morgan fingerprint density at radius 2 is 2.05 bits per heavy atom. The van der Waals surface area contributed by atoms with Gasteiger partial charge in [0.25, 0.3) is 0 Å². The summed E-state index contributed by atoms with van der Waals surface area (Å²) in [4.78, 5) is 0. The van der Waals surface area contributed by atoms with E-state index in [1.165, 1.54) is 0 Å². The zero-order chi connectivity index (χ0) is 14.0. The van der Waals surface area contributed by atoms with Crippen LogP contribution < -0.4 is 5.32 Å². The normalized spacial score (nSPS) is 18.9. The van der Waals surface area contributed by atoms with Gasteiger partial charge in [0.05, 0.1) is 24.9 Å². The summed E-state index contributed by atoms with van der Waals surface area (Å²) < 4.78 is 11.3. The summed E-state index contributed by atoms with van der Waals surface area (Å²) in [6.45, 7) is 5.15. The predicted octanol–water partition coefficient (Wildman–Crippen LogP) is 2.64. The van der Waals surface area contributed by atoms with Gasteiger partial charge in [-0.1, -0.05) is 12.1 Å². The third-order valence-electron chi connectivity index (χ3n) is 3.31. The summed E-state index contributed by atoms with van der Waals surface area (Å²) in [7, 11) is 0. The van der Waals surface area contributed by atoms with Crippen molar-refractivity contribution in [1.82, 2.24) is 10.2 Å². The number of H-pyrrole nitrogens is 1. The maximum absolute atomic E-state index is 5.65. The molecule has 1 aromatic carbocycles. The van der Waals surface area contributed by atoms with Gasteiger partial charge in [-0.2, -0.15) is 5.10 Å². The number of nitrogens with one attached hydrogen (secondary N) is 2. The Bertz CT molecular complexity index is 556. The molecule has 106 valence electrons. The molecule has 2 heterocycles. The lowest BCUT2D eigenvalue weighted by Crippen LogP contribution is -2.45. The van der Waals surface area contributed by atoms with Crippen molar-refractivity contribution in [2.75, 3.05) is 18.5 Å². The van der Waals surface area contributed by atoms with Gasteiger partial charge in [-0.3, -0.25) is 5.10 Å². The van der Waals surface area contributed by atoms with Crippen molar-refractivity contribution in [3.05, 3.63) is 36.5 Å². The average Bonchev–Trinajstić information content (AvgIpc) is 2.96. The van der Waals surface area contributed by atoms with Gasteiger partial charge in [-0.05, 0) is 32.0 Å². The first kappa shape index (κ1) is 13.1. The van der Waals surface area contributed by atoms with E-state index in [4.69, 9.17) is 9.47 Å². The molecule has 0 atom stereocenters. The lowest BCUT2D eigenvalue weighted by molar-refractivity contribution is -0.247. The molecule has 0 amide bonds. The first-order valence-corrected chi connectivity index (χ1v) is 6.77. The zero-order valence-corrected chi connectivity index (χ0v) is 11.7. The van der Waals surface area contributed by atoms with E-state index in [2.05, 4.69) is 27.6 Å². The van der Waals surface area contributed by atoms with Crippen molar-refractivity contribution in [3.63, 3.8) is 0 Å². The van der Waals surface area contributed by atoms with E-state index in [-0.39, 0.29) is 6.04 Å². The molecule has 1 aromatic heterocycles. The summed E-state index contributed by atoms with van der Waals surface area (Å²) in [5.41, 5.74) is 3.16. The van der Waals surface area contributed by atoms with E-state index < -0.39 is 5.79 Å².